The lowest BCUT2D eigenvalue weighted by Gasteiger charge is -2.71. The Morgan fingerprint density at radius 3 is 2.23 bits per heavy atom. The minimum atomic E-state index is -0.907. The van der Waals surface area contributed by atoms with E-state index in [-0.39, 0.29) is 40.1 Å². The van der Waals surface area contributed by atoms with Gasteiger partial charge in [-0.25, -0.2) is 0 Å². The van der Waals surface area contributed by atoms with Crippen LogP contribution in [-0.2, 0) is 4.79 Å². The predicted octanol–water partition coefficient (Wildman–Crippen LogP) is 5.18. The van der Waals surface area contributed by atoms with E-state index in [4.69, 9.17) is 0 Å². The number of aliphatic hydroxyl groups is 3. The second-order valence-electron chi connectivity index (χ2n) is 15.1. The zero-order valence-electron chi connectivity index (χ0n) is 22.7. The van der Waals surface area contributed by atoms with Crippen molar-refractivity contribution in [1.82, 2.24) is 0 Å². The van der Waals surface area contributed by atoms with E-state index in [0.29, 0.717) is 12.3 Å². The van der Waals surface area contributed by atoms with Crippen LogP contribution in [0.4, 0.5) is 0 Å². The Morgan fingerprint density at radius 1 is 0.943 bits per heavy atom. The first-order chi connectivity index (χ1) is 16.1. The zero-order valence-corrected chi connectivity index (χ0v) is 22.7. The number of hydrogen-bond acceptors (Lipinski definition) is 4. The van der Waals surface area contributed by atoms with Crippen LogP contribution < -0.4 is 0 Å². The molecule has 0 amide bonds. The standard InChI is InChI=1S/C30H48O5/c1-25(2)11-13-30(24(34)35)14-12-28(5)18(19(30)15-25)7-8-22-26(3)16-20(32)23(33)27(4,17-31)21(26)9-10-29(22,28)6/h7,19-23,31-33H,8-17H2,1-6H3,(H,34,35)/t19-,20-,21+,22+,23-,26+,27+,28+,29+,30-/m0/s1. The average Bonchev–Trinajstić information content (AvgIpc) is 2.77. The van der Waals surface area contributed by atoms with Gasteiger partial charge in [-0.05, 0) is 97.2 Å². The Hall–Kier alpha value is -0.910. The molecular formula is C30H48O5. The minimum Gasteiger partial charge on any atom is -0.481 e. The van der Waals surface area contributed by atoms with Crippen LogP contribution >= 0.6 is 0 Å². The Labute approximate surface area is 211 Å². The maximum absolute atomic E-state index is 12.8. The SMILES string of the molecule is CC1(C)CC[C@]2(C(=O)O)CC[C@]3(C)C(=CC[C@@H]4[C@]5(C)C[C@H](O)[C@H](O)[C@](C)(CO)[C@@H]5CC[C@]43C)[C@@H]2C1. The van der Waals surface area contributed by atoms with Crippen LogP contribution in [0.5, 0.6) is 0 Å². The molecule has 0 heterocycles. The van der Waals surface area contributed by atoms with Crippen molar-refractivity contribution in [2.75, 3.05) is 6.61 Å². The molecule has 5 heteroatoms. The summed E-state index contributed by atoms with van der Waals surface area (Å²) < 4.78 is 0. The van der Waals surface area contributed by atoms with Gasteiger partial charge in [-0.15, -0.1) is 0 Å². The fourth-order valence-corrected chi connectivity index (χ4v) is 10.8. The second-order valence-corrected chi connectivity index (χ2v) is 15.1. The first-order valence-electron chi connectivity index (χ1n) is 14.0. The molecular weight excluding hydrogens is 440 g/mol. The number of aliphatic hydroxyl groups excluding tert-OH is 3. The van der Waals surface area contributed by atoms with E-state index in [1.165, 1.54) is 5.57 Å². The number of rotatable bonds is 2. The molecule has 0 aromatic carbocycles. The van der Waals surface area contributed by atoms with Crippen LogP contribution in [0.25, 0.3) is 0 Å². The molecule has 0 radical (unpaired) electrons. The lowest BCUT2D eigenvalue weighted by molar-refractivity contribution is -0.243. The minimum absolute atomic E-state index is 0.00698. The van der Waals surface area contributed by atoms with Crippen LogP contribution in [0.1, 0.15) is 99.3 Å². The highest BCUT2D eigenvalue weighted by atomic mass is 16.4. The fraction of sp³-hybridized carbons (Fsp3) is 0.900. The number of aliphatic carboxylic acids is 1. The quantitative estimate of drug-likeness (QED) is 0.402. The number of allylic oxidation sites excluding steroid dienone is 2. The van der Waals surface area contributed by atoms with Crippen LogP contribution in [0.2, 0.25) is 0 Å². The van der Waals surface area contributed by atoms with Gasteiger partial charge < -0.3 is 20.4 Å². The van der Waals surface area contributed by atoms with Crippen LogP contribution in [0, 0.1) is 50.2 Å². The predicted molar refractivity (Wildman–Crippen MR) is 135 cm³/mol. The van der Waals surface area contributed by atoms with Gasteiger partial charge in [0, 0.05) is 5.41 Å². The zero-order chi connectivity index (χ0) is 25.8. The maximum atomic E-state index is 12.8. The van der Waals surface area contributed by atoms with Crippen LogP contribution in [0.15, 0.2) is 11.6 Å². The molecule has 5 rings (SSSR count). The van der Waals surface area contributed by atoms with Crippen molar-refractivity contribution in [3.63, 3.8) is 0 Å². The van der Waals surface area contributed by atoms with Crippen molar-refractivity contribution in [2.45, 2.75) is 112 Å². The molecule has 4 saturated carbocycles. The Kier molecular flexibility index (Phi) is 5.56. The van der Waals surface area contributed by atoms with Gasteiger partial charge in [0.05, 0.1) is 24.2 Å². The molecule has 5 nitrogen and oxygen atoms in total. The Balaban J connectivity index is 1.61. The summed E-state index contributed by atoms with van der Waals surface area (Å²) in [6.45, 7) is 13.6. The molecule has 0 bridgehead atoms. The Morgan fingerprint density at radius 2 is 1.60 bits per heavy atom. The van der Waals surface area contributed by atoms with Gasteiger partial charge in [0.2, 0.25) is 0 Å². The lowest BCUT2D eigenvalue weighted by Crippen LogP contribution is -2.68. The number of fused-ring (bicyclic) bond motifs is 7. The lowest BCUT2D eigenvalue weighted by atomic mass is 9.33. The van der Waals surface area contributed by atoms with Gasteiger partial charge in [-0.1, -0.05) is 53.2 Å². The number of carbonyl (C=O) groups is 1. The van der Waals surface area contributed by atoms with Crippen molar-refractivity contribution in [3.8, 4) is 0 Å². The third-order valence-corrected chi connectivity index (χ3v) is 13.2. The second kappa shape index (κ2) is 7.57. The van der Waals surface area contributed by atoms with E-state index in [1.54, 1.807) is 0 Å². The van der Waals surface area contributed by atoms with Crippen molar-refractivity contribution < 1.29 is 25.2 Å². The third kappa shape index (κ3) is 3.07. The first kappa shape index (κ1) is 25.7. The van der Waals surface area contributed by atoms with E-state index >= 15 is 0 Å². The highest BCUT2D eigenvalue weighted by Gasteiger charge is 2.70. The van der Waals surface area contributed by atoms with Crippen molar-refractivity contribution >= 4 is 5.97 Å². The molecule has 198 valence electrons. The monoisotopic (exact) mass is 488 g/mol. The van der Waals surface area contributed by atoms with Crippen LogP contribution in [0.3, 0.4) is 0 Å². The highest BCUT2D eigenvalue weighted by molar-refractivity contribution is 5.76. The summed E-state index contributed by atoms with van der Waals surface area (Å²) in [5, 5.41) is 42.8. The topological polar surface area (TPSA) is 98.0 Å². The molecule has 0 aliphatic heterocycles. The van der Waals surface area contributed by atoms with E-state index in [0.717, 1.165) is 51.4 Å². The van der Waals surface area contributed by atoms with Crippen molar-refractivity contribution in [1.29, 1.82) is 0 Å². The summed E-state index contributed by atoms with van der Waals surface area (Å²) in [6, 6.07) is 0. The van der Waals surface area contributed by atoms with Gasteiger partial charge >= 0.3 is 5.97 Å². The number of carboxylic acid groups (broad SMARTS) is 1. The van der Waals surface area contributed by atoms with E-state index < -0.39 is 29.0 Å². The van der Waals surface area contributed by atoms with Crippen molar-refractivity contribution in [2.24, 2.45) is 50.2 Å². The third-order valence-electron chi connectivity index (χ3n) is 13.2. The molecule has 5 aliphatic rings. The van der Waals surface area contributed by atoms with Gasteiger partial charge in [-0.3, -0.25) is 4.79 Å². The Bertz CT molecular complexity index is 941. The number of carboxylic acids is 1. The smallest absolute Gasteiger partial charge is 0.310 e. The molecule has 0 saturated heterocycles. The summed E-state index contributed by atoms with van der Waals surface area (Å²) in [6.07, 6.45) is 8.40. The molecule has 35 heavy (non-hydrogen) atoms. The molecule has 0 aromatic heterocycles. The van der Waals surface area contributed by atoms with E-state index in [9.17, 15) is 25.2 Å². The molecule has 0 aromatic rings. The fourth-order valence-electron chi connectivity index (χ4n) is 10.8. The van der Waals surface area contributed by atoms with Gasteiger partial charge in [0.1, 0.15) is 0 Å². The normalized spacial score (nSPS) is 55.0. The molecule has 10 atom stereocenters. The summed E-state index contributed by atoms with van der Waals surface area (Å²) in [5.74, 6) is -0.0472. The summed E-state index contributed by atoms with van der Waals surface area (Å²) in [5.41, 5.74) is -0.0632. The van der Waals surface area contributed by atoms with Gasteiger partial charge in [-0.2, -0.15) is 0 Å². The first-order valence-corrected chi connectivity index (χ1v) is 14.0. The van der Waals surface area contributed by atoms with Gasteiger partial charge in [0.15, 0.2) is 0 Å². The van der Waals surface area contributed by atoms with E-state index in [2.05, 4.69) is 40.7 Å². The highest BCUT2D eigenvalue weighted by Crippen LogP contribution is 2.75. The maximum Gasteiger partial charge on any atom is 0.310 e. The molecule has 5 aliphatic carbocycles. The summed E-state index contributed by atoms with van der Waals surface area (Å²) >= 11 is 0. The van der Waals surface area contributed by atoms with E-state index in [1.807, 2.05) is 6.92 Å². The molecule has 0 unspecified atom stereocenters. The van der Waals surface area contributed by atoms with Gasteiger partial charge in [0.25, 0.3) is 0 Å². The summed E-state index contributed by atoms with van der Waals surface area (Å²) in [4.78, 5) is 12.8. The van der Waals surface area contributed by atoms with Crippen LogP contribution in [-0.4, -0.2) is 45.2 Å². The van der Waals surface area contributed by atoms with Crippen molar-refractivity contribution in [3.05, 3.63) is 11.6 Å². The average molecular weight is 489 g/mol. The molecule has 4 fully saturated rings. The molecule has 4 N–H and O–H groups in total. The summed E-state index contributed by atoms with van der Waals surface area (Å²) in [7, 11) is 0. The molecule has 0 spiro atoms. The number of hydrogen-bond donors (Lipinski definition) is 4. The largest absolute Gasteiger partial charge is 0.481 e.